The lowest BCUT2D eigenvalue weighted by atomic mass is 10.1. The van der Waals surface area contributed by atoms with E-state index in [0.29, 0.717) is 51.4 Å². The van der Waals surface area contributed by atoms with Crippen LogP contribution in [0.1, 0.15) is 12.5 Å². The normalized spacial score (nSPS) is 17.5. The van der Waals surface area contributed by atoms with Gasteiger partial charge in [0.05, 0.1) is 12.1 Å². The summed E-state index contributed by atoms with van der Waals surface area (Å²) in [5.41, 5.74) is 1.63. The summed E-state index contributed by atoms with van der Waals surface area (Å²) >= 11 is 0. The van der Waals surface area contributed by atoms with Crippen LogP contribution in [0.5, 0.6) is 5.75 Å². The fraction of sp³-hybridized carbons (Fsp3) is 0.444. The lowest BCUT2D eigenvalue weighted by molar-refractivity contribution is -0.129. The number of nitrogens with one attached hydrogen (secondary N) is 1. The second-order valence-electron chi connectivity index (χ2n) is 6.02. The van der Waals surface area contributed by atoms with Crippen LogP contribution in [0.2, 0.25) is 0 Å². The van der Waals surface area contributed by atoms with E-state index in [1.807, 2.05) is 42.2 Å². The Balaban J connectivity index is 1.56. The highest BCUT2D eigenvalue weighted by atomic mass is 16.5. The summed E-state index contributed by atoms with van der Waals surface area (Å²) in [6.07, 6.45) is 1.92. The van der Waals surface area contributed by atoms with E-state index in [1.165, 1.54) is 0 Å². The van der Waals surface area contributed by atoms with Crippen LogP contribution in [0.3, 0.4) is 0 Å². The predicted octanol–water partition coefficient (Wildman–Crippen LogP) is 0.743. The number of amides is 2. The Hall–Kier alpha value is -2.34. The zero-order valence-electron chi connectivity index (χ0n) is 14.0. The first kappa shape index (κ1) is 16.5. The Labute approximate surface area is 142 Å². The van der Waals surface area contributed by atoms with Gasteiger partial charge < -0.3 is 15.0 Å². The summed E-state index contributed by atoms with van der Waals surface area (Å²) in [5, 5.41) is 2.80. The number of nitrogens with zero attached hydrogens (tertiary/aromatic N) is 2. The van der Waals surface area contributed by atoms with Crippen LogP contribution in [0.15, 0.2) is 29.8 Å². The Morgan fingerprint density at radius 3 is 2.67 bits per heavy atom. The fourth-order valence-corrected chi connectivity index (χ4v) is 3.01. The molecule has 128 valence electrons. The summed E-state index contributed by atoms with van der Waals surface area (Å²) in [5.74, 6) is 0.889. The number of piperazine rings is 1. The maximum atomic E-state index is 12.7. The van der Waals surface area contributed by atoms with Gasteiger partial charge in [-0.3, -0.25) is 14.5 Å². The summed E-state index contributed by atoms with van der Waals surface area (Å²) < 4.78 is 5.67. The molecule has 1 aromatic carbocycles. The number of likely N-dealkylation sites (N-methyl/N-ethyl adjacent to an activating group) is 1. The molecule has 0 saturated carbocycles. The molecular formula is C18H23N3O3. The van der Waals surface area contributed by atoms with Crippen molar-refractivity contribution in [3.05, 3.63) is 35.4 Å². The molecular weight excluding hydrogens is 306 g/mol. The van der Waals surface area contributed by atoms with E-state index in [-0.39, 0.29) is 11.8 Å². The van der Waals surface area contributed by atoms with Crippen LogP contribution in [0, 0.1) is 0 Å². The van der Waals surface area contributed by atoms with Crippen molar-refractivity contribution < 1.29 is 14.3 Å². The number of para-hydroxylation sites is 1. The van der Waals surface area contributed by atoms with Crippen molar-refractivity contribution in [2.75, 3.05) is 45.9 Å². The van der Waals surface area contributed by atoms with Crippen molar-refractivity contribution in [3.63, 3.8) is 0 Å². The molecule has 2 aliphatic heterocycles. The number of hydrogen-bond donors (Lipinski definition) is 1. The molecule has 0 aliphatic carbocycles. The highest BCUT2D eigenvalue weighted by molar-refractivity contribution is 5.99. The number of hydrogen-bond acceptors (Lipinski definition) is 4. The topological polar surface area (TPSA) is 61.9 Å². The number of carbonyl (C=O) groups excluding carboxylic acids is 2. The van der Waals surface area contributed by atoms with Crippen molar-refractivity contribution in [1.82, 2.24) is 15.1 Å². The van der Waals surface area contributed by atoms with Crippen LogP contribution in [-0.4, -0.2) is 67.5 Å². The minimum atomic E-state index is 0.0298. The van der Waals surface area contributed by atoms with Crippen molar-refractivity contribution in [2.24, 2.45) is 0 Å². The molecule has 1 N–H and O–H groups in total. The number of rotatable bonds is 4. The van der Waals surface area contributed by atoms with Crippen molar-refractivity contribution >= 4 is 17.9 Å². The van der Waals surface area contributed by atoms with Crippen LogP contribution < -0.4 is 10.1 Å². The Morgan fingerprint density at radius 1 is 1.17 bits per heavy atom. The third kappa shape index (κ3) is 3.76. The molecule has 1 aromatic rings. The Bertz CT molecular complexity index is 649. The first-order chi connectivity index (χ1) is 11.7. The highest BCUT2D eigenvalue weighted by Crippen LogP contribution is 2.26. The van der Waals surface area contributed by atoms with E-state index in [4.69, 9.17) is 4.74 Å². The van der Waals surface area contributed by atoms with Gasteiger partial charge in [-0.1, -0.05) is 18.2 Å². The Morgan fingerprint density at radius 2 is 1.92 bits per heavy atom. The molecule has 0 unspecified atom stereocenters. The van der Waals surface area contributed by atoms with Gasteiger partial charge in [-0.05, 0) is 19.1 Å². The Kier molecular flexibility index (Phi) is 5.15. The van der Waals surface area contributed by atoms with Gasteiger partial charge in [0.2, 0.25) is 5.91 Å². The van der Waals surface area contributed by atoms with Gasteiger partial charge in [0.15, 0.2) is 0 Å². The molecule has 1 saturated heterocycles. The monoisotopic (exact) mass is 329 g/mol. The van der Waals surface area contributed by atoms with Gasteiger partial charge in [-0.15, -0.1) is 0 Å². The summed E-state index contributed by atoms with van der Waals surface area (Å²) in [6, 6.07) is 7.72. The molecule has 1 fully saturated rings. The molecule has 2 amide bonds. The van der Waals surface area contributed by atoms with Crippen molar-refractivity contribution in [1.29, 1.82) is 0 Å². The van der Waals surface area contributed by atoms with Crippen molar-refractivity contribution in [3.8, 4) is 5.75 Å². The van der Waals surface area contributed by atoms with Gasteiger partial charge in [0, 0.05) is 38.3 Å². The third-order valence-electron chi connectivity index (χ3n) is 4.31. The van der Waals surface area contributed by atoms with E-state index in [2.05, 4.69) is 10.2 Å². The van der Waals surface area contributed by atoms with E-state index >= 15 is 0 Å². The molecule has 24 heavy (non-hydrogen) atoms. The largest absolute Gasteiger partial charge is 0.488 e. The lowest BCUT2D eigenvalue weighted by Gasteiger charge is -2.35. The van der Waals surface area contributed by atoms with E-state index in [9.17, 15) is 9.59 Å². The maximum Gasteiger partial charge on any atom is 0.253 e. The summed E-state index contributed by atoms with van der Waals surface area (Å²) in [7, 11) is 0. The summed E-state index contributed by atoms with van der Waals surface area (Å²) in [4.78, 5) is 28.2. The zero-order chi connectivity index (χ0) is 16.9. The summed E-state index contributed by atoms with van der Waals surface area (Å²) in [6.45, 7) is 5.97. The van der Waals surface area contributed by atoms with Crippen LogP contribution in [0.25, 0.3) is 6.08 Å². The minimum Gasteiger partial charge on any atom is -0.488 e. The number of ether oxygens (including phenoxy) is 1. The molecule has 0 radical (unpaired) electrons. The maximum absolute atomic E-state index is 12.7. The second-order valence-corrected chi connectivity index (χ2v) is 6.02. The third-order valence-corrected chi connectivity index (χ3v) is 4.31. The minimum absolute atomic E-state index is 0.0298. The number of carbonyl (C=O) groups is 2. The molecule has 2 heterocycles. The van der Waals surface area contributed by atoms with Crippen LogP contribution >= 0.6 is 0 Å². The average Bonchev–Trinajstić information content (AvgIpc) is 2.61. The number of fused-ring (bicyclic) bond motifs is 1. The van der Waals surface area contributed by atoms with Gasteiger partial charge in [-0.2, -0.15) is 0 Å². The zero-order valence-corrected chi connectivity index (χ0v) is 14.0. The van der Waals surface area contributed by atoms with Crippen LogP contribution in [-0.2, 0) is 9.59 Å². The molecule has 0 spiro atoms. The number of benzene rings is 1. The standard InChI is InChI=1S/C18H23N3O3/c1-2-19-17(22)12-20-7-9-21(10-8-20)18(23)15-11-14-5-3-4-6-16(14)24-13-15/h3-6,11H,2,7-10,12-13H2,1H3,(H,19,22). The first-order valence-electron chi connectivity index (χ1n) is 8.38. The molecule has 0 aromatic heterocycles. The van der Waals surface area contributed by atoms with Gasteiger partial charge in [0.1, 0.15) is 12.4 Å². The molecule has 6 nitrogen and oxygen atoms in total. The highest BCUT2D eigenvalue weighted by Gasteiger charge is 2.26. The van der Waals surface area contributed by atoms with Gasteiger partial charge in [0.25, 0.3) is 5.91 Å². The van der Waals surface area contributed by atoms with E-state index in [0.717, 1.165) is 11.3 Å². The smallest absolute Gasteiger partial charge is 0.253 e. The molecule has 3 rings (SSSR count). The second kappa shape index (κ2) is 7.49. The molecule has 2 aliphatic rings. The average molecular weight is 329 g/mol. The fourth-order valence-electron chi connectivity index (χ4n) is 3.01. The van der Waals surface area contributed by atoms with Crippen molar-refractivity contribution in [2.45, 2.75) is 6.92 Å². The predicted molar refractivity (Wildman–Crippen MR) is 91.6 cm³/mol. The SMILES string of the molecule is CCNC(=O)CN1CCN(C(=O)C2=Cc3ccccc3OC2)CC1. The lowest BCUT2D eigenvalue weighted by Crippen LogP contribution is -2.51. The van der Waals surface area contributed by atoms with Gasteiger partial charge in [-0.25, -0.2) is 0 Å². The van der Waals surface area contributed by atoms with E-state index < -0.39 is 0 Å². The molecule has 0 atom stereocenters. The van der Waals surface area contributed by atoms with E-state index in [1.54, 1.807) is 0 Å². The molecule has 0 bridgehead atoms. The quantitative estimate of drug-likeness (QED) is 0.885. The molecule has 6 heteroatoms. The first-order valence-corrected chi connectivity index (χ1v) is 8.38. The van der Waals surface area contributed by atoms with Crippen LogP contribution in [0.4, 0.5) is 0 Å². The van der Waals surface area contributed by atoms with Gasteiger partial charge >= 0.3 is 0 Å².